The minimum atomic E-state index is 0.715. The SMILES string of the molecule is CSc1cc(-c2nc(NCCc3cccnc3)cc(N3CCOCC3)n2)c2cc[nH]c2c1. The molecule has 1 aromatic carbocycles. The van der Waals surface area contributed by atoms with Gasteiger partial charge in [0.25, 0.3) is 0 Å². The van der Waals surface area contributed by atoms with Crippen molar-refractivity contribution >= 4 is 34.3 Å². The van der Waals surface area contributed by atoms with Gasteiger partial charge in [0, 0.05) is 65.7 Å². The molecule has 2 N–H and O–H groups in total. The number of aromatic amines is 1. The molecule has 1 saturated heterocycles. The van der Waals surface area contributed by atoms with Crippen molar-refractivity contribution in [1.82, 2.24) is 19.9 Å². The highest BCUT2D eigenvalue weighted by Gasteiger charge is 2.17. The Kier molecular flexibility index (Phi) is 6.22. The molecule has 1 fully saturated rings. The molecular formula is C24H26N6OS. The fourth-order valence-corrected chi connectivity index (χ4v) is 4.40. The van der Waals surface area contributed by atoms with Crippen LogP contribution in [0, 0.1) is 0 Å². The molecule has 0 amide bonds. The molecule has 4 aromatic rings. The molecule has 3 aromatic heterocycles. The zero-order valence-electron chi connectivity index (χ0n) is 18.0. The van der Waals surface area contributed by atoms with E-state index in [4.69, 9.17) is 14.7 Å². The van der Waals surface area contributed by atoms with Crippen LogP contribution in [0.4, 0.5) is 11.6 Å². The number of fused-ring (bicyclic) bond motifs is 1. The second-order valence-corrected chi connectivity index (χ2v) is 8.57. The average molecular weight is 447 g/mol. The first-order valence-electron chi connectivity index (χ1n) is 10.8. The smallest absolute Gasteiger partial charge is 0.164 e. The number of aromatic nitrogens is 4. The molecular weight excluding hydrogens is 420 g/mol. The molecule has 164 valence electrons. The number of nitrogens with zero attached hydrogens (tertiary/aromatic N) is 4. The molecule has 0 unspecified atom stereocenters. The van der Waals surface area contributed by atoms with Crippen LogP contribution in [0.1, 0.15) is 5.56 Å². The van der Waals surface area contributed by atoms with E-state index in [-0.39, 0.29) is 0 Å². The van der Waals surface area contributed by atoms with Crippen LogP contribution in [0.3, 0.4) is 0 Å². The van der Waals surface area contributed by atoms with Crippen LogP contribution < -0.4 is 10.2 Å². The normalized spacial score (nSPS) is 14.1. The predicted molar refractivity (Wildman–Crippen MR) is 131 cm³/mol. The summed E-state index contributed by atoms with van der Waals surface area (Å²) in [5, 5.41) is 4.63. The van der Waals surface area contributed by atoms with E-state index in [1.165, 1.54) is 10.5 Å². The maximum Gasteiger partial charge on any atom is 0.164 e. The summed E-state index contributed by atoms with van der Waals surface area (Å²) in [7, 11) is 0. The van der Waals surface area contributed by atoms with Gasteiger partial charge in [-0.1, -0.05) is 6.07 Å². The van der Waals surface area contributed by atoms with Crippen LogP contribution in [0.5, 0.6) is 0 Å². The maximum atomic E-state index is 5.54. The molecule has 32 heavy (non-hydrogen) atoms. The summed E-state index contributed by atoms with van der Waals surface area (Å²) in [4.78, 5) is 20.9. The monoisotopic (exact) mass is 446 g/mol. The summed E-state index contributed by atoms with van der Waals surface area (Å²) < 4.78 is 5.54. The Morgan fingerprint density at radius 1 is 1.16 bits per heavy atom. The lowest BCUT2D eigenvalue weighted by molar-refractivity contribution is 0.122. The number of morpholine rings is 1. The number of anilines is 2. The molecule has 4 heterocycles. The van der Waals surface area contributed by atoms with Crippen LogP contribution in [0.15, 0.2) is 59.9 Å². The molecule has 8 heteroatoms. The van der Waals surface area contributed by atoms with Gasteiger partial charge in [0.2, 0.25) is 0 Å². The van der Waals surface area contributed by atoms with Crippen LogP contribution in [-0.4, -0.2) is 59.0 Å². The number of benzene rings is 1. The van der Waals surface area contributed by atoms with Crippen molar-refractivity contribution in [3.05, 3.63) is 60.6 Å². The van der Waals surface area contributed by atoms with Gasteiger partial charge in [-0.3, -0.25) is 4.98 Å². The molecule has 5 rings (SSSR count). The van der Waals surface area contributed by atoms with Crippen molar-refractivity contribution < 1.29 is 4.74 Å². The number of hydrogen-bond donors (Lipinski definition) is 2. The first-order chi connectivity index (χ1) is 15.8. The van der Waals surface area contributed by atoms with Gasteiger partial charge in [-0.15, -0.1) is 11.8 Å². The zero-order chi connectivity index (χ0) is 21.8. The third-order valence-corrected chi connectivity index (χ3v) is 6.32. The van der Waals surface area contributed by atoms with Gasteiger partial charge in [0.1, 0.15) is 11.6 Å². The van der Waals surface area contributed by atoms with E-state index in [9.17, 15) is 0 Å². The van der Waals surface area contributed by atoms with Crippen LogP contribution >= 0.6 is 11.8 Å². The van der Waals surface area contributed by atoms with Crippen LogP contribution in [0.25, 0.3) is 22.3 Å². The fraction of sp³-hybridized carbons (Fsp3) is 0.292. The van der Waals surface area contributed by atoms with E-state index in [2.05, 4.69) is 50.7 Å². The first-order valence-corrected chi connectivity index (χ1v) is 12.0. The second kappa shape index (κ2) is 9.58. The number of thioether (sulfide) groups is 1. The summed E-state index contributed by atoms with van der Waals surface area (Å²) in [6.45, 7) is 3.86. The number of pyridine rings is 1. The molecule has 0 bridgehead atoms. The summed E-state index contributed by atoms with van der Waals surface area (Å²) >= 11 is 1.72. The molecule has 7 nitrogen and oxygen atoms in total. The van der Waals surface area contributed by atoms with Gasteiger partial charge in [0.05, 0.1) is 13.2 Å². The summed E-state index contributed by atoms with van der Waals surface area (Å²) in [6, 6.07) is 12.5. The van der Waals surface area contributed by atoms with Crippen LogP contribution in [0.2, 0.25) is 0 Å². The Balaban J connectivity index is 1.50. The minimum absolute atomic E-state index is 0.715. The van der Waals surface area contributed by atoms with E-state index in [0.29, 0.717) is 13.2 Å². The third kappa shape index (κ3) is 4.56. The van der Waals surface area contributed by atoms with E-state index >= 15 is 0 Å². The van der Waals surface area contributed by atoms with Crippen molar-refractivity contribution in [2.24, 2.45) is 0 Å². The quantitative estimate of drug-likeness (QED) is 0.411. The van der Waals surface area contributed by atoms with Gasteiger partial charge in [-0.2, -0.15) is 0 Å². The highest BCUT2D eigenvalue weighted by Crippen LogP contribution is 2.33. The highest BCUT2D eigenvalue weighted by atomic mass is 32.2. The van der Waals surface area contributed by atoms with Crippen LogP contribution in [-0.2, 0) is 11.2 Å². The number of ether oxygens (including phenoxy) is 1. The second-order valence-electron chi connectivity index (χ2n) is 7.69. The lowest BCUT2D eigenvalue weighted by Crippen LogP contribution is -2.36. The number of hydrogen-bond acceptors (Lipinski definition) is 7. The van der Waals surface area contributed by atoms with E-state index in [0.717, 1.165) is 60.0 Å². The molecule has 0 aliphatic carbocycles. The lowest BCUT2D eigenvalue weighted by atomic mass is 10.1. The summed E-state index contributed by atoms with van der Waals surface area (Å²) in [6.07, 6.45) is 8.64. The zero-order valence-corrected chi connectivity index (χ0v) is 18.9. The molecule has 1 aliphatic heterocycles. The van der Waals surface area contributed by atoms with Crippen molar-refractivity contribution in [2.45, 2.75) is 11.3 Å². The summed E-state index contributed by atoms with van der Waals surface area (Å²) in [5.74, 6) is 2.50. The van der Waals surface area contributed by atoms with Gasteiger partial charge >= 0.3 is 0 Å². The Bertz CT molecular complexity index is 1190. The molecule has 0 atom stereocenters. The van der Waals surface area contributed by atoms with Crippen molar-refractivity contribution in [3.8, 4) is 11.4 Å². The minimum Gasteiger partial charge on any atom is -0.378 e. The Morgan fingerprint density at radius 2 is 2.06 bits per heavy atom. The first kappa shape index (κ1) is 20.8. The number of H-pyrrole nitrogens is 1. The fourth-order valence-electron chi connectivity index (χ4n) is 3.92. The lowest BCUT2D eigenvalue weighted by Gasteiger charge is -2.28. The van der Waals surface area contributed by atoms with E-state index < -0.39 is 0 Å². The standard InChI is InChI=1S/C24H26N6OS/c1-32-18-13-20(19-5-8-26-21(19)14-18)24-28-22(27-7-4-17-3-2-6-25-16-17)15-23(29-24)30-9-11-31-12-10-30/h2-3,5-6,8,13-16,26H,4,7,9-12H2,1H3,(H,27,28,29). The number of rotatable bonds is 7. The summed E-state index contributed by atoms with van der Waals surface area (Å²) in [5.41, 5.74) is 3.33. The largest absolute Gasteiger partial charge is 0.378 e. The predicted octanol–water partition coefficient (Wildman–Crippen LogP) is 4.23. The van der Waals surface area contributed by atoms with E-state index in [1.54, 1.807) is 18.0 Å². The Labute approximate surface area is 191 Å². The maximum absolute atomic E-state index is 5.54. The van der Waals surface area contributed by atoms with Gasteiger partial charge < -0.3 is 19.9 Å². The van der Waals surface area contributed by atoms with Gasteiger partial charge in [-0.05, 0) is 42.5 Å². The third-order valence-electron chi connectivity index (χ3n) is 5.61. The number of nitrogens with one attached hydrogen (secondary N) is 2. The highest BCUT2D eigenvalue weighted by molar-refractivity contribution is 7.98. The molecule has 0 saturated carbocycles. The topological polar surface area (TPSA) is 79.0 Å². The van der Waals surface area contributed by atoms with Crippen molar-refractivity contribution in [2.75, 3.05) is 49.3 Å². The van der Waals surface area contributed by atoms with Crippen molar-refractivity contribution in [3.63, 3.8) is 0 Å². The van der Waals surface area contributed by atoms with Gasteiger partial charge in [-0.25, -0.2) is 9.97 Å². The Morgan fingerprint density at radius 3 is 2.88 bits per heavy atom. The van der Waals surface area contributed by atoms with Gasteiger partial charge in [0.15, 0.2) is 5.82 Å². The van der Waals surface area contributed by atoms with Crippen molar-refractivity contribution in [1.29, 1.82) is 0 Å². The van der Waals surface area contributed by atoms with E-state index in [1.807, 2.05) is 24.5 Å². The Hall–Kier alpha value is -3.10. The molecule has 0 spiro atoms. The molecule has 0 radical (unpaired) electrons. The molecule has 1 aliphatic rings. The average Bonchev–Trinajstić information content (AvgIpc) is 3.33.